The average molecular weight is 288 g/mol. The van der Waals surface area contributed by atoms with Gasteiger partial charge in [0.05, 0.1) is 5.56 Å². The summed E-state index contributed by atoms with van der Waals surface area (Å²) in [6.45, 7) is 5.69. The first-order chi connectivity index (χ1) is 10.2. The van der Waals surface area contributed by atoms with Crippen LogP contribution in [0.3, 0.4) is 0 Å². The van der Waals surface area contributed by atoms with E-state index in [9.17, 15) is 4.79 Å². The highest BCUT2D eigenvalue weighted by molar-refractivity contribution is 5.87. The molecule has 2 fully saturated rings. The van der Waals surface area contributed by atoms with Crippen LogP contribution in [0.4, 0.5) is 0 Å². The molecule has 1 aromatic carbocycles. The van der Waals surface area contributed by atoms with Gasteiger partial charge in [-0.3, -0.25) is 4.90 Å². The van der Waals surface area contributed by atoms with E-state index >= 15 is 0 Å². The monoisotopic (exact) mass is 288 g/mol. The standard InChI is InChI=1S/C17H24N2O2/c20-17(21)15-6-3-5-14(11-15)12-19-10-4-7-16(19)13-18-8-1-2-9-18/h3,5-6,11,16H,1-2,4,7-10,12-13H2,(H,20,21). The predicted octanol–water partition coefficient (Wildman–Crippen LogP) is 2.45. The zero-order valence-corrected chi connectivity index (χ0v) is 12.5. The SMILES string of the molecule is O=C(O)c1cccc(CN2CCCC2CN2CCCC2)c1. The van der Waals surface area contributed by atoms with Crippen molar-refractivity contribution in [1.82, 2.24) is 9.80 Å². The summed E-state index contributed by atoms with van der Waals surface area (Å²) in [5.74, 6) is -0.841. The van der Waals surface area contributed by atoms with Gasteiger partial charge in [-0.2, -0.15) is 0 Å². The molecule has 0 bridgehead atoms. The van der Waals surface area contributed by atoms with Gasteiger partial charge in [0.15, 0.2) is 0 Å². The molecule has 1 N–H and O–H groups in total. The zero-order valence-electron chi connectivity index (χ0n) is 12.5. The van der Waals surface area contributed by atoms with Crippen LogP contribution >= 0.6 is 0 Å². The van der Waals surface area contributed by atoms with E-state index in [2.05, 4.69) is 9.80 Å². The Morgan fingerprint density at radius 2 is 2.00 bits per heavy atom. The largest absolute Gasteiger partial charge is 0.478 e. The summed E-state index contributed by atoms with van der Waals surface area (Å²) >= 11 is 0. The Morgan fingerprint density at radius 3 is 2.76 bits per heavy atom. The highest BCUT2D eigenvalue weighted by Gasteiger charge is 2.27. The topological polar surface area (TPSA) is 43.8 Å². The van der Waals surface area contributed by atoms with Crippen LogP contribution in [-0.2, 0) is 6.54 Å². The molecular weight excluding hydrogens is 264 g/mol. The number of likely N-dealkylation sites (tertiary alicyclic amines) is 2. The van der Waals surface area contributed by atoms with Crippen molar-refractivity contribution < 1.29 is 9.90 Å². The second kappa shape index (κ2) is 6.58. The number of hydrogen-bond acceptors (Lipinski definition) is 3. The van der Waals surface area contributed by atoms with Crippen molar-refractivity contribution in [2.24, 2.45) is 0 Å². The first kappa shape index (κ1) is 14.5. The molecule has 2 aliphatic rings. The van der Waals surface area contributed by atoms with Crippen molar-refractivity contribution >= 4 is 5.97 Å². The van der Waals surface area contributed by atoms with Crippen LogP contribution in [0.2, 0.25) is 0 Å². The maximum absolute atomic E-state index is 11.1. The van der Waals surface area contributed by atoms with E-state index < -0.39 is 5.97 Å². The minimum atomic E-state index is -0.841. The number of benzene rings is 1. The summed E-state index contributed by atoms with van der Waals surface area (Å²) in [5.41, 5.74) is 1.51. The Labute approximate surface area is 126 Å². The van der Waals surface area contributed by atoms with Crippen LogP contribution in [-0.4, -0.2) is 53.1 Å². The van der Waals surface area contributed by atoms with E-state index in [0.717, 1.165) is 18.7 Å². The Kier molecular flexibility index (Phi) is 4.56. The molecule has 4 nitrogen and oxygen atoms in total. The number of nitrogens with zero attached hydrogens (tertiary/aromatic N) is 2. The van der Waals surface area contributed by atoms with E-state index in [1.54, 1.807) is 6.07 Å². The summed E-state index contributed by atoms with van der Waals surface area (Å²) in [7, 11) is 0. The molecule has 2 saturated heterocycles. The lowest BCUT2D eigenvalue weighted by atomic mass is 10.1. The number of carboxylic acid groups (broad SMARTS) is 1. The smallest absolute Gasteiger partial charge is 0.335 e. The van der Waals surface area contributed by atoms with Crippen molar-refractivity contribution in [3.8, 4) is 0 Å². The van der Waals surface area contributed by atoms with E-state index in [0.29, 0.717) is 11.6 Å². The highest BCUT2D eigenvalue weighted by Crippen LogP contribution is 2.22. The van der Waals surface area contributed by atoms with Crippen molar-refractivity contribution in [2.75, 3.05) is 26.2 Å². The normalized spacial score (nSPS) is 23.7. The third-order valence-electron chi connectivity index (χ3n) is 4.73. The van der Waals surface area contributed by atoms with E-state index in [-0.39, 0.29) is 0 Å². The molecule has 1 unspecified atom stereocenters. The molecule has 0 amide bonds. The Morgan fingerprint density at radius 1 is 1.19 bits per heavy atom. The first-order valence-electron chi connectivity index (χ1n) is 8.01. The van der Waals surface area contributed by atoms with Crippen molar-refractivity contribution in [3.05, 3.63) is 35.4 Å². The molecule has 3 rings (SSSR count). The molecule has 2 heterocycles. The molecule has 4 heteroatoms. The van der Waals surface area contributed by atoms with Crippen LogP contribution in [0.1, 0.15) is 41.6 Å². The van der Waals surface area contributed by atoms with E-state index in [1.807, 2.05) is 18.2 Å². The van der Waals surface area contributed by atoms with Gasteiger partial charge < -0.3 is 10.0 Å². The molecule has 0 radical (unpaired) electrons. The van der Waals surface area contributed by atoms with Gasteiger partial charge in [0.2, 0.25) is 0 Å². The predicted molar refractivity (Wildman–Crippen MR) is 82.5 cm³/mol. The van der Waals surface area contributed by atoms with Gasteiger partial charge in [0.25, 0.3) is 0 Å². The first-order valence-corrected chi connectivity index (χ1v) is 8.01. The summed E-state index contributed by atoms with van der Waals surface area (Å²) in [5, 5.41) is 9.09. The Bertz CT molecular complexity index is 497. The lowest BCUT2D eigenvalue weighted by molar-refractivity contribution is 0.0696. The summed E-state index contributed by atoms with van der Waals surface area (Å²) in [6.07, 6.45) is 5.22. The van der Waals surface area contributed by atoms with Gasteiger partial charge in [-0.25, -0.2) is 4.79 Å². The minimum absolute atomic E-state index is 0.391. The number of aromatic carboxylic acids is 1. The van der Waals surface area contributed by atoms with Crippen LogP contribution in [0.25, 0.3) is 0 Å². The van der Waals surface area contributed by atoms with E-state index in [4.69, 9.17) is 5.11 Å². The minimum Gasteiger partial charge on any atom is -0.478 e. The third-order valence-corrected chi connectivity index (χ3v) is 4.73. The fourth-order valence-corrected chi connectivity index (χ4v) is 3.61. The third kappa shape index (κ3) is 3.63. The molecule has 0 aliphatic carbocycles. The van der Waals surface area contributed by atoms with Crippen molar-refractivity contribution in [3.63, 3.8) is 0 Å². The molecule has 114 valence electrons. The zero-order chi connectivity index (χ0) is 14.7. The van der Waals surface area contributed by atoms with Crippen molar-refractivity contribution in [1.29, 1.82) is 0 Å². The number of rotatable bonds is 5. The van der Waals surface area contributed by atoms with Crippen LogP contribution in [0.5, 0.6) is 0 Å². The number of carbonyl (C=O) groups is 1. The molecule has 2 aliphatic heterocycles. The van der Waals surface area contributed by atoms with Gasteiger partial charge in [-0.15, -0.1) is 0 Å². The maximum Gasteiger partial charge on any atom is 0.335 e. The van der Waals surface area contributed by atoms with Gasteiger partial charge >= 0.3 is 5.97 Å². The quantitative estimate of drug-likeness (QED) is 0.904. The average Bonchev–Trinajstić information content (AvgIpc) is 3.12. The lowest BCUT2D eigenvalue weighted by Crippen LogP contribution is -2.38. The second-order valence-electron chi connectivity index (χ2n) is 6.28. The Balaban J connectivity index is 1.62. The Hall–Kier alpha value is -1.39. The summed E-state index contributed by atoms with van der Waals surface area (Å²) < 4.78 is 0. The van der Waals surface area contributed by atoms with Gasteiger partial charge in [-0.1, -0.05) is 12.1 Å². The molecule has 1 atom stereocenters. The van der Waals surface area contributed by atoms with Gasteiger partial charge in [-0.05, 0) is 63.0 Å². The molecule has 0 spiro atoms. The van der Waals surface area contributed by atoms with E-state index in [1.165, 1.54) is 45.3 Å². The van der Waals surface area contributed by atoms with Gasteiger partial charge in [0, 0.05) is 19.1 Å². The molecular formula is C17H24N2O2. The molecule has 1 aromatic rings. The molecule has 0 saturated carbocycles. The number of hydrogen-bond donors (Lipinski definition) is 1. The maximum atomic E-state index is 11.1. The lowest BCUT2D eigenvalue weighted by Gasteiger charge is -2.28. The fourth-order valence-electron chi connectivity index (χ4n) is 3.61. The second-order valence-corrected chi connectivity index (χ2v) is 6.28. The van der Waals surface area contributed by atoms with Crippen molar-refractivity contribution in [2.45, 2.75) is 38.3 Å². The fraction of sp³-hybridized carbons (Fsp3) is 0.588. The van der Waals surface area contributed by atoms with Crippen LogP contribution < -0.4 is 0 Å². The van der Waals surface area contributed by atoms with Crippen LogP contribution in [0, 0.1) is 0 Å². The molecule has 0 aromatic heterocycles. The summed E-state index contributed by atoms with van der Waals surface area (Å²) in [6, 6.07) is 8.00. The highest BCUT2D eigenvalue weighted by atomic mass is 16.4. The number of carboxylic acids is 1. The molecule has 21 heavy (non-hydrogen) atoms. The van der Waals surface area contributed by atoms with Gasteiger partial charge in [0.1, 0.15) is 0 Å². The van der Waals surface area contributed by atoms with Crippen LogP contribution in [0.15, 0.2) is 24.3 Å². The summed E-state index contributed by atoms with van der Waals surface area (Å²) in [4.78, 5) is 16.2.